The zero-order chi connectivity index (χ0) is 32.3. The van der Waals surface area contributed by atoms with Gasteiger partial charge in [-0.1, -0.05) is 165 Å². The molecule has 0 saturated carbocycles. The van der Waals surface area contributed by atoms with Crippen LogP contribution >= 0.6 is 0 Å². The van der Waals surface area contributed by atoms with Crippen molar-refractivity contribution >= 4 is 0 Å². The number of rotatable bonds is 29. The van der Waals surface area contributed by atoms with Crippen molar-refractivity contribution in [1.29, 1.82) is 0 Å². The van der Waals surface area contributed by atoms with Crippen LogP contribution in [0.25, 0.3) is 5.48 Å². The van der Waals surface area contributed by atoms with Crippen molar-refractivity contribution in [2.24, 2.45) is 41.2 Å². The molecule has 0 fully saturated rings. The van der Waals surface area contributed by atoms with Gasteiger partial charge >= 0.3 is 51.4 Å². The minimum Gasteiger partial charge on any atom is -0.534 e. The van der Waals surface area contributed by atoms with Crippen LogP contribution in [0.1, 0.15) is 184 Å². The molecule has 0 saturated heterocycles. The van der Waals surface area contributed by atoms with E-state index in [1.54, 1.807) is 0 Å². The number of hydrogen-bond donors (Lipinski definition) is 3. The van der Waals surface area contributed by atoms with E-state index in [0.29, 0.717) is 0 Å². The van der Waals surface area contributed by atoms with Crippen LogP contribution in [0, 0.1) is 29.6 Å². The zero-order valence-corrected chi connectivity index (χ0v) is 34.8. The predicted octanol–water partition coefficient (Wildman–Crippen LogP) is 8.36. The van der Waals surface area contributed by atoms with E-state index in [9.17, 15) is 0 Å². The largest absolute Gasteiger partial charge is 1.00 e. The van der Waals surface area contributed by atoms with Gasteiger partial charge in [-0.2, -0.15) is 0 Å². The van der Waals surface area contributed by atoms with Crippen molar-refractivity contribution in [2.75, 3.05) is 26.2 Å². The van der Waals surface area contributed by atoms with Crippen molar-refractivity contribution < 1.29 is 56.2 Å². The van der Waals surface area contributed by atoms with E-state index in [0.717, 1.165) is 75.1 Å². The zero-order valence-electron chi connectivity index (χ0n) is 31.7. The molecular weight excluding hydrogens is 556 g/mol. The Labute approximate surface area is 316 Å². The molecule has 43 heavy (non-hydrogen) atoms. The summed E-state index contributed by atoms with van der Waals surface area (Å²) in [6.07, 6.45) is 25.3. The van der Waals surface area contributed by atoms with Crippen LogP contribution in [0.15, 0.2) is 0 Å². The molecule has 0 amide bonds. The van der Waals surface area contributed by atoms with Crippen LogP contribution in [-0.2, 0) is 4.84 Å². The number of hydrogen-bond acceptors (Lipinski definition) is 4. The van der Waals surface area contributed by atoms with Gasteiger partial charge in [0.05, 0.1) is 0 Å². The number of hydroxylamine groups is 1. The molecule has 258 valence electrons. The van der Waals surface area contributed by atoms with Crippen molar-refractivity contribution in [3.05, 3.63) is 5.48 Å². The first-order valence-electron chi connectivity index (χ1n) is 18.7. The monoisotopic (exact) mass is 639 g/mol. The van der Waals surface area contributed by atoms with Gasteiger partial charge in [0.2, 0.25) is 0 Å². The van der Waals surface area contributed by atoms with Crippen LogP contribution in [-0.4, -0.2) is 26.2 Å². The molecule has 6 heteroatoms. The van der Waals surface area contributed by atoms with Crippen LogP contribution in [0.3, 0.4) is 0 Å². The summed E-state index contributed by atoms with van der Waals surface area (Å²) in [5.41, 5.74) is 12.0. The van der Waals surface area contributed by atoms with E-state index in [-0.39, 0.29) is 51.4 Å². The van der Waals surface area contributed by atoms with E-state index in [4.69, 9.17) is 16.4 Å². The molecule has 5 N–H and O–H groups in total. The van der Waals surface area contributed by atoms with Crippen molar-refractivity contribution in [3.8, 4) is 0 Å². The number of nitrogens with one attached hydrogen (secondary N) is 1. The topological polar surface area (TPSA) is 87.4 Å². The second-order valence-corrected chi connectivity index (χ2v) is 13.5. The van der Waals surface area contributed by atoms with Gasteiger partial charge in [-0.25, -0.2) is 0 Å². The van der Waals surface area contributed by atoms with Gasteiger partial charge in [0.1, 0.15) is 0 Å². The van der Waals surface area contributed by atoms with Gasteiger partial charge in [0, 0.05) is 13.2 Å². The summed E-state index contributed by atoms with van der Waals surface area (Å²) in [6.45, 7) is 24.0. The average molecular weight is 639 g/mol. The van der Waals surface area contributed by atoms with E-state index in [1.807, 2.05) is 13.8 Å². The first-order chi connectivity index (χ1) is 20.3. The first-order valence-corrected chi connectivity index (χ1v) is 18.7. The standard InChI is InChI=1S/C31H64NO.C4H13N3.C2H6.K/c1-8-28(4)20-15-21-29(5)18-12-13-19-30(6)22-16-23-31(7)24-25-32-33-26-14-10-9-11-17-27(2)3;5-3-1-2-4-7-6;1-2;/h27-31H,8-26H2,1-7H3;7H,1-6H2;1-2H3;/q-1;;;+1. The molecule has 0 radical (unpaired) electrons. The average Bonchev–Trinajstić information content (AvgIpc) is 2.97. The molecule has 5 nitrogen and oxygen atoms in total. The molecule has 0 aromatic rings. The Bertz CT molecular complexity index is 466. The van der Waals surface area contributed by atoms with Crippen molar-refractivity contribution in [2.45, 2.75) is 184 Å². The second kappa shape index (κ2) is 43.4. The number of nitrogens with zero attached hydrogens (tertiary/aromatic N) is 1. The minimum absolute atomic E-state index is 0. The Morgan fingerprint density at radius 3 is 1.53 bits per heavy atom. The summed E-state index contributed by atoms with van der Waals surface area (Å²) in [6, 6.07) is 0. The molecule has 0 aromatic carbocycles. The molecule has 0 spiro atoms. The third-order valence-electron chi connectivity index (χ3n) is 8.48. The summed E-state index contributed by atoms with van der Waals surface area (Å²) in [7, 11) is 0. The van der Waals surface area contributed by atoms with E-state index in [1.165, 1.54) is 103 Å². The van der Waals surface area contributed by atoms with Gasteiger partial charge < -0.3 is 16.1 Å². The summed E-state index contributed by atoms with van der Waals surface area (Å²) in [5, 5.41) is 0. The fraction of sp³-hybridized carbons (Fsp3) is 1.00. The van der Waals surface area contributed by atoms with E-state index < -0.39 is 0 Å². The van der Waals surface area contributed by atoms with Gasteiger partial charge in [0.25, 0.3) is 0 Å². The van der Waals surface area contributed by atoms with Crippen molar-refractivity contribution in [1.82, 2.24) is 5.43 Å². The maximum absolute atomic E-state index is 5.49. The number of nitrogens with two attached hydrogens (primary N) is 2. The fourth-order valence-corrected chi connectivity index (χ4v) is 5.10. The van der Waals surface area contributed by atoms with E-state index in [2.05, 4.69) is 59.4 Å². The Morgan fingerprint density at radius 2 is 1.05 bits per heavy atom. The molecule has 0 rings (SSSR count). The quantitative estimate of drug-likeness (QED) is 0.0333. The SMILES string of the molecule is CC.CCC(C)CCCC(C)CCCCC(C)CCCC(C)CC[N-]OCCCCCCC(C)C.NCCCCNN.[K+]. The molecule has 0 aliphatic rings. The number of hydrazine groups is 1. The molecule has 4 unspecified atom stereocenters. The Hall–Kier alpha value is 1.44. The minimum atomic E-state index is 0. The van der Waals surface area contributed by atoms with Crippen LogP contribution in [0.5, 0.6) is 0 Å². The molecule has 4 atom stereocenters. The Morgan fingerprint density at radius 1 is 0.581 bits per heavy atom. The summed E-state index contributed by atoms with van der Waals surface area (Å²) < 4.78 is 0. The normalized spacial score (nSPS) is 13.7. The fourth-order valence-electron chi connectivity index (χ4n) is 5.10. The summed E-state index contributed by atoms with van der Waals surface area (Å²) in [4.78, 5) is 5.49. The molecule has 0 aromatic heterocycles. The first kappa shape index (κ1) is 51.3. The molecule has 0 aliphatic heterocycles. The maximum atomic E-state index is 5.49. The number of unbranched alkanes of at least 4 members (excludes halogenated alkanes) is 5. The van der Waals surface area contributed by atoms with Crippen LogP contribution < -0.4 is 68.4 Å². The van der Waals surface area contributed by atoms with Gasteiger partial charge in [-0.15, -0.1) is 6.54 Å². The molecule has 0 heterocycles. The summed E-state index contributed by atoms with van der Waals surface area (Å²) >= 11 is 0. The Kier molecular flexibility index (Phi) is 51.8. The third kappa shape index (κ3) is 48.0. The van der Waals surface area contributed by atoms with E-state index >= 15 is 0 Å². The van der Waals surface area contributed by atoms with Gasteiger partial charge in [0.15, 0.2) is 0 Å². The molecule has 0 bridgehead atoms. The van der Waals surface area contributed by atoms with Gasteiger partial charge in [-0.3, -0.25) is 11.3 Å². The maximum Gasteiger partial charge on any atom is 1.00 e. The van der Waals surface area contributed by atoms with Crippen LogP contribution in [0.2, 0.25) is 0 Å². The van der Waals surface area contributed by atoms with Crippen molar-refractivity contribution in [3.63, 3.8) is 0 Å². The summed E-state index contributed by atoms with van der Waals surface area (Å²) in [5.74, 6) is 9.33. The van der Waals surface area contributed by atoms with Gasteiger partial charge in [-0.05, 0) is 55.4 Å². The Balaban J connectivity index is -0.000000661. The molecule has 0 aliphatic carbocycles. The third-order valence-corrected chi connectivity index (χ3v) is 8.48. The molecular formula is C37H83KN4O. The predicted molar refractivity (Wildman–Crippen MR) is 192 cm³/mol. The smallest absolute Gasteiger partial charge is 0.534 e. The van der Waals surface area contributed by atoms with Crippen LogP contribution in [0.4, 0.5) is 0 Å². The second-order valence-electron chi connectivity index (χ2n) is 13.5.